The highest BCUT2D eigenvalue weighted by atomic mass is 35.5. The zero-order valence-corrected chi connectivity index (χ0v) is 15.6. The first-order valence-corrected chi connectivity index (χ1v) is 9.33. The molecule has 0 bridgehead atoms. The Labute approximate surface area is 152 Å². The van der Waals surface area contributed by atoms with E-state index < -0.39 is 22.0 Å². The van der Waals surface area contributed by atoms with E-state index in [2.05, 4.69) is 10.0 Å². The van der Waals surface area contributed by atoms with E-state index in [1.165, 1.54) is 38.3 Å². The summed E-state index contributed by atoms with van der Waals surface area (Å²) in [6.45, 7) is 3.24. The first-order chi connectivity index (χ1) is 11.7. The van der Waals surface area contributed by atoms with Gasteiger partial charge in [-0.25, -0.2) is 8.42 Å². The minimum atomic E-state index is -3.83. The van der Waals surface area contributed by atoms with Gasteiger partial charge in [-0.3, -0.25) is 4.79 Å². The van der Waals surface area contributed by atoms with E-state index in [0.717, 1.165) is 0 Å². The average Bonchev–Trinajstić information content (AvgIpc) is 2.58. The predicted molar refractivity (Wildman–Crippen MR) is 97.6 cm³/mol. The third-order valence-corrected chi connectivity index (χ3v) is 5.59. The fraction of sp³-hybridized carbons (Fsp3) is 0.235. The number of ether oxygens (including phenoxy) is 1. The smallest absolute Gasteiger partial charge is 0.242 e. The van der Waals surface area contributed by atoms with Gasteiger partial charge < -0.3 is 10.1 Å². The van der Waals surface area contributed by atoms with Crippen molar-refractivity contribution in [1.29, 1.82) is 0 Å². The maximum Gasteiger partial charge on any atom is 0.242 e. The van der Waals surface area contributed by atoms with Crippen LogP contribution in [0.15, 0.2) is 47.4 Å². The third kappa shape index (κ3) is 4.72. The summed E-state index contributed by atoms with van der Waals surface area (Å²) >= 11 is 6.02. The molecule has 0 radical (unpaired) electrons. The Hall–Kier alpha value is -2.09. The minimum Gasteiger partial charge on any atom is -0.497 e. The number of sulfonamides is 1. The molecular weight excluding hydrogens is 364 g/mol. The standard InChI is InChI=1S/C17H19ClN2O4S/c1-11-15(18)5-4-6-16(11)19-17(21)12(2)20-25(22,23)14-9-7-13(24-3)8-10-14/h4-10,12,20H,1-3H3,(H,19,21). The fourth-order valence-electron chi connectivity index (χ4n) is 2.09. The van der Waals surface area contributed by atoms with Crippen LogP contribution in [0, 0.1) is 6.92 Å². The van der Waals surface area contributed by atoms with Crippen LogP contribution in [0.2, 0.25) is 5.02 Å². The summed E-state index contributed by atoms with van der Waals surface area (Å²) in [6.07, 6.45) is 0. The summed E-state index contributed by atoms with van der Waals surface area (Å²) in [7, 11) is -2.34. The highest BCUT2D eigenvalue weighted by molar-refractivity contribution is 7.89. The van der Waals surface area contributed by atoms with Crippen LogP contribution in [0.25, 0.3) is 0 Å². The van der Waals surface area contributed by atoms with E-state index in [-0.39, 0.29) is 4.90 Å². The number of carbonyl (C=O) groups is 1. The van der Waals surface area contributed by atoms with E-state index in [9.17, 15) is 13.2 Å². The largest absolute Gasteiger partial charge is 0.497 e. The summed E-state index contributed by atoms with van der Waals surface area (Å²) < 4.78 is 32.1. The summed E-state index contributed by atoms with van der Waals surface area (Å²) in [6, 6.07) is 10.0. The van der Waals surface area contributed by atoms with Gasteiger partial charge >= 0.3 is 0 Å². The Morgan fingerprint density at radius 2 is 1.80 bits per heavy atom. The average molecular weight is 383 g/mol. The molecule has 0 fully saturated rings. The number of benzene rings is 2. The van der Waals surface area contributed by atoms with Gasteiger partial charge in [-0.2, -0.15) is 4.72 Å². The maximum atomic E-state index is 12.4. The first-order valence-electron chi connectivity index (χ1n) is 7.47. The molecule has 0 aromatic heterocycles. The second-order valence-corrected chi connectivity index (χ2v) is 7.54. The highest BCUT2D eigenvalue weighted by Crippen LogP contribution is 2.23. The number of rotatable bonds is 6. The SMILES string of the molecule is COc1ccc(S(=O)(=O)NC(C)C(=O)Nc2cccc(Cl)c2C)cc1. The van der Waals surface area contributed by atoms with Crippen LogP contribution in [-0.4, -0.2) is 27.5 Å². The van der Waals surface area contributed by atoms with Crippen molar-refractivity contribution in [2.45, 2.75) is 24.8 Å². The zero-order valence-electron chi connectivity index (χ0n) is 14.0. The van der Waals surface area contributed by atoms with Crippen molar-refractivity contribution in [3.05, 3.63) is 53.1 Å². The molecule has 134 valence electrons. The van der Waals surface area contributed by atoms with Gasteiger partial charge in [0.1, 0.15) is 5.75 Å². The Morgan fingerprint density at radius 3 is 2.40 bits per heavy atom. The lowest BCUT2D eigenvalue weighted by Gasteiger charge is -2.16. The lowest BCUT2D eigenvalue weighted by Crippen LogP contribution is -2.41. The van der Waals surface area contributed by atoms with Crippen LogP contribution < -0.4 is 14.8 Å². The van der Waals surface area contributed by atoms with Crippen molar-refractivity contribution >= 4 is 33.2 Å². The number of halogens is 1. The van der Waals surface area contributed by atoms with Crippen molar-refractivity contribution < 1.29 is 17.9 Å². The second-order valence-electron chi connectivity index (χ2n) is 5.42. The number of nitrogens with one attached hydrogen (secondary N) is 2. The Bertz CT molecular complexity index is 867. The Kier molecular flexibility index (Phi) is 6.05. The minimum absolute atomic E-state index is 0.0480. The van der Waals surface area contributed by atoms with Crippen molar-refractivity contribution in [3.8, 4) is 5.75 Å². The van der Waals surface area contributed by atoms with Crippen molar-refractivity contribution in [3.63, 3.8) is 0 Å². The van der Waals surface area contributed by atoms with Crippen LogP contribution >= 0.6 is 11.6 Å². The molecule has 2 rings (SSSR count). The Balaban J connectivity index is 2.10. The van der Waals surface area contributed by atoms with E-state index in [1.807, 2.05) is 0 Å². The van der Waals surface area contributed by atoms with Gasteiger partial charge in [0.25, 0.3) is 0 Å². The number of methoxy groups -OCH3 is 1. The summed E-state index contributed by atoms with van der Waals surface area (Å²) in [5, 5.41) is 3.19. The van der Waals surface area contributed by atoms with Crippen LogP contribution in [0.3, 0.4) is 0 Å². The molecule has 1 unspecified atom stereocenters. The predicted octanol–water partition coefficient (Wildman–Crippen LogP) is 2.96. The summed E-state index contributed by atoms with van der Waals surface area (Å²) in [5.41, 5.74) is 1.25. The van der Waals surface area contributed by atoms with E-state index in [0.29, 0.717) is 22.0 Å². The Morgan fingerprint density at radius 1 is 1.16 bits per heavy atom. The molecular formula is C17H19ClN2O4S. The number of amides is 1. The topological polar surface area (TPSA) is 84.5 Å². The molecule has 2 aromatic carbocycles. The maximum absolute atomic E-state index is 12.4. The molecule has 1 atom stereocenters. The number of anilines is 1. The molecule has 0 aliphatic heterocycles. The van der Waals surface area contributed by atoms with Gasteiger partial charge in [-0.15, -0.1) is 0 Å². The summed E-state index contributed by atoms with van der Waals surface area (Å²) in [5.74, 6) is 0.0589. The molecule has 0 aliphatic carbocycles. The second kappa shape index (κ2) is 7.86. The first kappa shape index (κ1) is 19.2. The molecule has 2 N–H and O–H groups in total. The highest BCUT2D eigenvalue weighted by Gasteiger charge is 2.22. The van der Waals surface area contributed by atoms with Crippen LogP contribution in [0.1, 0.15) is 12.5 Å². The molecule has 25 heavy (non-hydrogen) atoms. The normalized spacial score (nSPS) is 12.5. The van der Waals surface area contributed by atoms with Gasteiger partial charge in [-0.05, 0) is 55.8 Å². The van der Waals surface area contributed by atoms with E-state index in [1.54, 1.807) is 25.1 Å². The molecule has 0 aliphatic rings. The monoisotopic (exact) mass is 382 g/mol. The number of hydrogen-bond donors (Lipinski definition) is 2. The van der Waals surface area contributed by atoms with Crippen molar-refractivity contribution in [1.82, 2.24) is 4.72 Å². The lowest BCUT2D eigenvalue weighted by molar-refractivity contribution is -0.117. The van der Waals surface area contributed by atoms with Crippen molar-refractivity contribution in [2.75, 3.05) is 12.4 Å². The summed E-state index contributed by atoms with van der Waals surface area (Å²) in [4.78, 5) is 12.3. The van der Waals surface area contributed by atoms with Crippen LogP contribution in [-0.2, 0) is 14.8 Å². The van der Waals surface area contributed by atoms with Gasteiger partial charge in [0, 0.05) is 10.7 Å². The molecule has 1 amide bonds. The van der Waals surface area contributed by atoms with E-state index in [4.69, 9.17) is 16.3 Å². The number of carbonyl (C=O) groups excluding carboxylic acids is 1. The van der Waals surface area contributed by atoms with Gasteiger partial charge in [0.15, 0.2) is 0 Å². The molecule has 0 saturated heterocycles. The van der Waals surface area contributed by atoms with Crippen LogP contribution in [0.5, 0.6) is 5.75 Å². The molecule has 8 heteroatoms. The third-order valence-electron chi connectivity index (χ3n) is 3.62. The number of hydrogen-bond acceptors (Lipinski definition) is 4. The molecule has 0 heterocycles. The van der Waals surface area contributed by atoms with Gasteiger partial charge in [0.2, 0.25) is 15.9 Å². The van der Waals surface area contributed by atoms with E-state index >= 15 is 0 Å². The quantitative estimate of drug-likeness (QED) is 0.804. The molecule has 6 nitrogen and oxygen atoms in total. The fourth-order valence-corrected chi connectivity index (χ4v) is 3.47. The lowest BCUT2D eigenvalue weighted by atomic mass is 10.2. The van der Waals surface area contributed by atoms with Gasteiger partial charge in [0.05, 0.1) is 18.0 Å². The van der Waals surface area contributed by atoms with Gasteiger partial charge in [-0.1, -0.05) is 17.7 Å². The molecule has 0 saturated carbocycles. The molecule has 0 spiro atoms. The zero-order chi connectivity index (χ0) is 18.6. The van der Waals surface area contributed by atoms with Crippen LogP contribution in [0.4, 0.5) is 5.69 Å². The molecule has 2 aromatic rings. The van der Waals surface area contributed by atoms with Crippen molar-refractivity contribution in [2.24, 2.45) is 0 Å².